The van der Waals surface area contributed by atoms with Crippen molar-refractivity contribution in [3.8, 4) is 0 Å². The van der Waals surface area contributed by atoms with Crippen LogP contribution >= 0.6 is 11.6 Å². The van der Waals surface area contributed by atoms with Crippen LogP contribution in [-0.2, 0) is 6.18 Å². The number of nitrogens with zero attached hydrogens (tertiary/aromatic N) is 2. The summed E-state index contributed by atoms with van der Waals surface area (Å²) in [5, 5.41) is 5.66. The van der Waals surface area contributed by atoms with E-state index in [9.17, 15) is 13.2 Å². The average Bonchev–Trinajstić information content (AvgIpc) is 2.63. The topological polar surface area (TPSA) is 49.8 Å². The van der Waals surface area contributed by atoms with Crippen LogP contribution in [0.5, 0.6) is 0 Å². The monoisotopic (exact) mass is 392 g/mol. The first-order valence-corrected chi connectivity index (χ1v) is 8.49. The van der Waals surface area contributed by atoms with Crippen molar-refractivity contribution in [2.75, 3.05) is 10.6 Å². The van der Waals surface area contributed by atoms with Crippen molar-refractivity contribution in [2.45, 2.75) is 19.1 Å². The van der Waals surface area contributed by atoms with Crippen LogP contribution in [0.1, 0.15) is 24.1 Å². The highest BCUT2D eigenvalue weighted by atomic mass is 35.5. The molecule has 0 aliphatic rings. The number of halogens is 4. The Kier molecular flexibility index (Phi) is 5.51. The molecule has 1 heterocycles. The second-order valence-corrected chi connectivity index (χ2v) is 6.27. The maximum Gasteiger partial charge on any atom is 0.417 e. The summed E-state index contributed by atoms with van der Waals surface area (Å²) in [4.78, 5) is 8.45. The largest absolute Gasteiger partial charge is 0.417 e. The third-order valence-electron chi connectivity index (χ3n) is 3.84. The first-order valence-electron chi connectivity index (χ1n) is 8.11. The molecule has 0 radical (unpaired) electrons. The smallest absolute Gasteiger partial charge is 0.348 e. The van der Waals surface area contributed by atoms with E-state index in [0.29, 0.717) is 11.8 Å². The molecule has 0 spiro atoms. The third-order valence-corrected chi connectivity index (χ3v) is 4.17. The lowest BCUT2D eigenvalue weighted by molar-refractivity contribution is -0.137. The summed E-state index contributed by atoms with van der Waals surface area (Å²) in [7, 11) is 0. The molecular formula is C19H16ClF3N4. The van der Waals surface area contributed by atoms with Crippen LogP contribution in [0.4, 0.5) is 30.6 Å². The highest BCUT2D eigenvalue weighted by Crippen LogP contribution is 2.36. The Morgan fingerprint density at radius 2 is 1.78 bits per heavy atom. The lowest BCUT2D eigenvalue weighted by Gasteiger charge is -2.15. The Morgan fingerprint density at radius 1 is 1.04 bits per heavy atom. The minimum Gasteiger partial charge on any atom is -0.348 e. The molecule has 4 nitrogen and oxygen atoms in total. The Labute approximate surface area is 159 Å². The van der Waals surface area contributed by atoms with Crippen LogP contribution < -0.4 is 10.6 Å². The van der Waals surface area contributed by atoms with E-state index >= 15 is 0 Å². The van der Waals surface area contributed by atoms with E-state index in [-0.39, 0.29) is 16.8 Å². The number of hydrogen-bond donors (Lipinski definition) is 2. The highest BCUT2D eigenvalue weighted by Gasteiger charge is 2.33. The summed E-state index contributed by atoms with van der Waals surface area (Å²) in [6, 6.07) is 14.9. The first-order chi connectivity index (χ1) is 12.8. The number of nitrogens with one attached hydrogen (secondary N) is 2. The molecule has 0 aliphatic carbocycles. The first kappa shape index (κ1) is 19.0. The van der Waals surface area contributed by atoms with Gasteiger partial charge in [0.2, 0.25) is 5.95 Å². The Balaban J connectivity index is 1.77. The molecule has 0 aliphatic heterocycles. The zero-order chi connectivity index (χ0) is 19.4. The number of rotatable bonds is 5. The SMILES string of the molecule is CC(Nc1nccc(Nc2ccc(Cl)c(C(F)(F)F)c2)n1)c1ccccc1. The van der Waals surface area contributed by atoms with Gasteiger partial charge in [0.15, 0.2) is 0 Å². The van der Waals surface area contributed by atoms with E-state index in [1.165, 1.54) is 18.3 Å². The minimum atomic E-state index is -4.53. The molecule has 0 saturated heterocycles. The predicted molar refractivity (Wildman–Crippen MR) is 100 cm³/mol. The van der Waals surface area contributed by atoms with Crippen molar-refractivity contribution in [1.82, 2.24) is 9.97 Å². The molecule has 2 N–H and O–H groups in total. The molecule has 140 valence electrons. The second kappa shape index (κ2) is 7.84. The summed E-state index contributed by atoms with van der Waals surface area (Å²) in [5.74, 6) is 0.726. The molecule has 8 heteroatoms. The fourth-order valence-corrected chi connectivity index (χ4v) is 2.71. The summed E-state index contributed by atoms with van der Waals surface area (Å²) in [5.41, 5.74) is 0.388. The average molecular weight is 393 g/mol. The summed E-state index contributed by atoms with van der Waals surface area (Å²) in [6.45, 7) is 1.97. The van der Waals surface area contributed by atoms with Crippen LogP contribution in [-0.4, -0.2) is 9.97 Å². The van der Waals surface area contributed by atoms with Crippen LogP contribution in [0.25, 0.3) is 0 Å². The number of hydrogen-bond acceptors (Lipinski definition) is 4. The van der Waals surface area contributed by atoms with E-state index in [2.05, 4.69) is 20.6 Å². The van der Waals surface area contributed by atoms with Gasteiger partial charge in [-0.1, -0.05) is 41.9 Å². The van der Waals surface area contributed by atoms with E-state index < -0.39 is 11.7 Å². The molecule has 0 amide bonds. The van der Waals surface area contributed by atoms with Crippen LogP contribution in [0.2, 0.25) is 5.02 Å². The van der Waals surface area contributed by atoms with Gasteiger partial charge in [-0.25, -0.2) is 4.98 Å². The Bertz CT molecular complexity index is 916. The zero-order valence-corrected chi connectivity index (χ0v) is 15.0. The van der Waals surface area contributed by atoms with E-state index in [4.69, 9.17) is 11.6 Å². The van der Waals surface area contributed by atoms with Gasteiger partial charge >= 0.3 is 6.18 Å². The van der Waals surface area contributed by atoms with Crippen molar-refractivity contribution < 1.29 is 13.2 Å². The molecule has 0 saturated carbocycles. The van der Waals surface area contributed by atoms with E-state index in [0.717, 1.165) is 11.6 Å². The van der Waals surface area contributed by atoms with Crippen molar-refractivity contribution in [2.24, 2.45) is 0 Å². The molecule has 1 atom stereocenters. The lowest BCUT2D eigenvalue weighted by atomic mass is 10.1. The Morgan fingerprint density at radius 3 is 2.48 bits per heavy atom. The van der Waals surface area contributed by atoms with Crippen LogP contribution in [0, 0.1) is 0 Å². The van der Waals surface area contributed by atoms with E-state index in [1.54, 1.807) is 6.07 Å². The maximum absolute atomic E-state index is 13.0. The normalized spacial score (nSPS) is 12.5. The van der Waals surface area contributed by atoms with Crippen molar-refractivity contribution >= 4 is 29.1 Å². The van der Waals surface area contributed by atoms with Gasteiger partial charge in [0.05, 0.1) is 16.6 Å². The van der Waals surface area contributed by atoms with Gasteiger partial charge in [0.25, 0.3) is 0 Å². The van der Waals surface area contributed by atoms with Crippen molar-refractivity contribution in [3.63, 3.8) is 0 Å². The molecule has 0 fully saturated rings. The standard InChI is InChI=1S/C19H16ClF3N4/c1-12(13-5-3-2-4-6-13)25-18-24-10-9-17(27-18)26-14-7-8-16(20)15(11-14)19(21,22)23/h2-12H,1H3,(H2,24,25,26,27). The minimum absolute atomic E-state index is 0.0335. The van der Waals surface area contributed by atoms with E-state index in [1.807, 2.05) is 37.3 Å². The van der Waals surface area contributed by atoms with Gasteiger partial charge in [-0.2, -0.15) is 18.2 Å². The second-order valence-electron chi connectivity index (χ2n) is 5.86. The number of benzene rings is 2. The predicted octanol–water partition coefficient (Wildman–Crippen LogP) is 6.07. The summed E-state index contributed by atoms with van der Waals surface area (Å²) < 4.78 is 39.0. The highest BCUT2D eigenvalue weighted by molar-refractivity contribution is 6.31. The van der Waals surface area contributed by atoms with Crippen molar-refractivity contribution in [1.29, 1.82) is 0 Å². The number of anilines is 3. The molecule has 27 heavy (non-hydrogen) atoms. The molecular weight excluding hydrogens is 377 g/mol. The molecule has 3 rings (SSSR count). The van der Waals surface area contributed by atoms with Crippen LogP contribution in [0.3, 0.4) is 0 Å². The molecule has 1 aromatic heterocycles. The van der Waals surface area contributed by atoms with Gasteiger partial charge in [0.1, 0.15) is 5.82 Å². The fourth-order valence-electron chi connectivity index (χ4n) is 2.48. The van der Waals surface area contributed by atoms with Gasteiger partial charge < -0.3 is 10.6 Å². The fraction of sp³-hybridized carbons (Fsp3) is 0.158. The molecule has 1 unspecified atom stereocenters. The molecule has 3 aromatic rings. The quantitative estimate of drug-likeness (QED) is 0.553. The third kappa shape index (κ3) is 4.89. The van der Waals surface area contributed by atoms with Gasteiger partial charge in [-0.3, -0.25) is 0 Å². The van der Waals surface area contributed by atoms with Gasteiger partial charge in [-0.15, -0.1) is 0 Å². The van der Waals surface area contributed by atoms with Crippen LogP contribution in [0.15, 0.2) is 60.8 Å². The number of alkyl halides is 3. The van der Waals surface area contributed by atoms with Crippen molar-refractivity contribution in [3.05, 3.63) is 76.9 Å². The van der Waals surface area contributed by atoms with Gasteiger partial charge in [0, 0.05) is 11.9 Å². The number of aromatic nitrogens is 2. The summed E-state index contributed by atoms with van der Waals surface area (Å²) in [6.07, 6.45) is -3.01. The molecule has 0 bridgehead atoms. The zero-order valence-electron chi connectivity index (χ0n) is 14.3. The van der Waals surface area contributed by atoms with Gasteiger partial charge in [-0.05, 0) is 36.8 Å². The molecule has 2 aromatic carbocycles. The summed E-state index contributed by atoms with van der Waals surface area (Å²) >= 11 is 5.64. The lowest BCUT2D eigenvalue weighted by Crippen LogP contribution is -2.10. The Hall–Kier alpha value is -2.80. The maximum atomic E-state index is 13.0.